The van der Waals surface area contributed by atoms with Gasteiger partial charge in [-0.25, -0.2) is 4.98 Å². The summed E-state index contributed by atoms with van der Waals surface area (Å²) >= 11 is 0. The molecular weight excluding hydrogens is 190 g/mol. The molecule has 3 heteroatoms. The van der Waals surface area contributed by atoms with E-state index in [1.807, 2.05) is 0 Å². The molecule has 1 aromatic heterocycles. The molecule has 0 bridgehead atoms. The van der Waals surface area contributed by atoms with Gasteiger partial charge in [-0.2, -0.15) is 0 Å². The highest BCUT2D eigenvalue weighted by molar-refractivity contribution is 5.53. The summed E-state index contributed by atoms with van der Waals surface area (Å²) in [4.78, 5) is 3.77. The maximum atomic E-state index is 9.28. The van der Waals surface area contributed by atoms with Crippen LogP contribution in [0.2, 0.25) is 0 Å². The van der Waals surface area contributed by atoms with Crippen molar-refractivity contribution in [3.05, 3.63) is 41.7 Å². The molecule has 0 aliphatic carbocycles. The molecule has 0 fully saturated rings. The summed E-state index contributed by atoms with van der Waals surface area (Å²) in [7, 11) is 0. The van der Waals surface area contributed by atoms with Crippen LogP contribution in [-0.2, 0) is 6.42 Å². The van der Waals surface area contributed by atoms with Crippen molar-refractivity contribution in [2.24, 2.45) is 0 Å². The number of rotatable bonds is 3. The smallest absolute Gasteiger partial charge is 0.226 e. The number of aliphatic hydroxyl groups is 1. The summed E-state index contributed by atoms with van der Waals surface area (Å²) in [5, 5.41) is 9.28. The molecule has 3 nitrogen and oxygen atoms in total. The first-order valence-electron chi connectivity index (χ1n) is 9.04. The van der Waals surface area contributed by atoms with Crippen molar-refractivity contribution < 1.29 is 23.2 Å². The molecule has 0 saturated carbocycles. The number of hydrogen-bond acceptors (Lipinski definition) is 3. The lowest BCUT2D eigenvalue weighted by Crippen LogP contribution is -1.92. The molecule has 0 aliphatic heterocycles. The highest BCUT2D eigenvalue weighted by atomic mass is 16.4. The molecule has 1 aromatic carbocycles. The van der Waals surface area contributed by atoms with Gasteiger partial charge in [-0.05, 0) is 18.9 Å². The predicted molar refractivity (Wildman–Crippen MR) is 57.5 cm³/mol. The Morgan fingerprint density at radius 1 is 1.53 bits per heavy atom. The third-order valence-corrected chi connectivity index (χ3v) is 1.66. The Bertz CT molecular complexity index is 792. The van der Waals surface area contributed by atoms with E-state index in [2.05, 4.69) is 4.98 Å². The van der Waals surface area contributed by atoms with Crippen LogP contribution < -0.4 is 0 Å². The quantitative estimate of drug-likeness (QED) is 0.850. The first kappa shape index (κ1) is 3.46. The van der Waals surface area contributed by atoms with Gasteiger partial charge in [0.2, 0.25) is 5.89 Å². The topological polar surface area (TPSA) is 46.3 Å². The number of aryl methyl sites for hydroxylation is 2. The summed E-state index contributed by atoms with van der Waals surface area (Å²) < 4.78 is 80.2. The SMILES string of the molecule is [2H]c1c([2H])c([2H])c(-c2nc(CC([2H])([2H])O)c(C([2H])([2H])[2H])o2)c([2H])c1[2H]. The van der Waals surface area contributed by atoms with Crippen LogP contribution in [-0.4, -0.2) is 16.6 Å². The Balaban J connectivity index is 2.74. The summed E-state index contributed by atoms with van der Waals surface area (Å²) in [5.41, 5.74) is -0.865. The summed E-state index contributed by atoms with van der Waals surface area (Å²) in [5.74, 6) is -1.27. The van der Waals surface area contributed by atoms with E-state index in [4.69, 9.17) is 18.1 Å². The van der Waals surface area contributed by atoms with Gasteiger partial charge in [0.05, 0.1) is 15.3 Å². The zero-order chi connectivity index (χ0) is 19.3. The summed E-state index contributed by atoms with van der Waals surface area (Å²) in [6.45, 7) is -5.60. The summed E-state index contributed by atoms with van der Waals surface area (Å²) in [6, 6.07) is -3.20. The first-order chi connectivity index (χ1) is 11.2. The van der Waals surface area contributed by atoms with Crippen LogP contribution in [0.15, 0.2) is 34.6 Å². The second kappa shape index (κ2) is 4.28. The molecule has 0 unspecified atom stereocenters. The number of nitrogens with zero attached hydrogens (tertiary/aromatic N) is 1. The van der Waals surface area contributed by atoms with Crippen molar-refractivity contribution in [3.8, 4) is 11.5 Å². The molecule has 1 heterocycles. The number of hydrogen-bond donors (Lipinski definition) is 1. The molecule has 0 amide bonds. The maximum absolute atomic E-state index is 9.28. The minimum Gasteiger partial charge on any atom is -0.441 e. The highest BCUT2D eigenvalue weighted by Gasteiger charge is 2.09. The molecule has 0 aliphatic rings. The van der Waals surface area contributed by atoms with Gasteiger partial charge >= 0.3 is 0 Å². The van der Waals surface area contributed by atoms with Gasteiger partial charge in [-0.1, -0.05) is 18.1 Å². The first-order valence-corrected chi connectivity index (χ1v) is 4.04. The lowest BCUT2D eigenvalue weighted by atomic mass is 10.2. The van der Waals surface area contributed by atoms with Crippen molar-refractivity contribution in [2.45, 2.75) is 13.3 Å². The minimum absolute atomic E-state index is 0.422. The maximum Gasteiger partial charge on any atom is 0.226 e. The largest absolute Gasteiger partial charge is 0.441 e. The molecule has 2 aromatic rings. The normalized spacial score (nSPS) is 21.9. The Morgan fingerprint density at radius 2 is 2.33 bits per heavy atom. The zero-order valence-electron chi connectivity index (χ0n) is 17.5. The number of oxazole rings is 1. The van der Waals surface area contributed by atoms with Gasteiger partial charge in [0.1, 0.15) is 5.76 Å². The third-order valence-electron chi connectivity index (χ3n) is 1.66. The molecule has 0 radical (unpaired) electrons. The van der Waals surface area contributed by atoms with Crippen molar-refractivity contribution in [1.82, 2.24) is 4.98 Å². The Morgan fingerprint density at radius 3 is 3.00 bits per heavy atom. The second-order valence-corrected chi connectivity index (χ2v) is 2.63. The lowest BCUT2D eigenvalue weighted by Gasteiger charge is -1.92. The van der Waals surface area contributed by atoms with E-state index < -0.39 is 73.0 Å². The van der Waals surface area contributed by atoms with E-state index in [1.165, 1.54) is 0 Å². The molecule has 15 heavy (non-hydrogen) atoms. The van der Waals surface area contributed by atoms with E-state index >= 15 is 0 Å². The number of aromatic nitrogens is 1. The Kier molecular flexibility index (Phi) is 0.985. The molecule has 1 N–H and O–H groups in total. The van der Waals surface area contributed by atoms with Crippen molar-refractivity contribution in [3.63, 3.8) is 0 Å². The van der Waals surface area contributed by atoms with Crippen LogP contribution in [0.4, 0.5) is 0 Å². The second-order valence-electron chi connectivity index (χ2n) is 2.63. The monoisotopic (exact) mass is 213 g/mol. The van der Waals surface area contributed by atoms with Crippen molar-refractivity contribution >= 4 is 0 Å². The van der Waals surface area contributed by atoms with Crippen LogP contribution in [0, 0.1) is 6.85 Å². The lowest BCUT2D eigenvalue weighted by molar-refractivity contribution is 0.297. The Hall–Kier alpha value is -1.61. The van der Waals surface area contributed by atoms with Crippen LogP contribution in [0.3, 0.4) is 0 Å². The van der Waals surface area contributed by atoms with Crippen LogP contribution in [0.25, 0.3) is 11.5 Å². The van der Waals surface area contributed by atoms with E-state index in [0.717, 1.165) is 0 Å². The fourth-order valence-electron chi connectivity index (χ4n) is 1.01. The number of benzene rings is 1. The van der Waals surface area contributed by atoms with Crippen molar-refractivity contribution in [1.29, 1.82) is 0 Å². The molecule has 0 atom stereocenters. The average molecular weight is 213 g/mol. The van der Waals surface area contributed by atoms with Crippen LogP contribution >= 0.6 is 0 Å². The van der Waals surface area contributed by atoms with Gasteiger partial charge in [-0.15, -0.1) is 0 Å². The predicted octanol–water partition coefficient (Wildman–Crippen LogP) is 2.18. The van der Waals surface area contributed by atoms with E-state index in [1.54, 1.807) is 0 Å². The summed E-state index contributed by atoms with van der Waals surface area (Å²) in [6.07, 6.45) is -0.803. The van der Waals surface area contributed by atoms with Gasteiger partial charge in [-0.3, -0.25) is 0 Å². The highest BCUT2D eigenvalue weighted by Crippen LogP contribution is 2.21. The van der Waals surface area contributed by atoms with E-state index in [0.29, 0.717) is 0 Å². The van der Waals surface area contributed by atoms with E-state index in [9.17, 15) is 5.11 Å². The Labute approximate surface area is 102 Å². The van der Waals surface area contributed by atoms with Crippen LogP contribution in [0.5, 0.6) is 0 Å². The molecule has 78 valence electrons. The minimum atomic E-state index is -2.83. The average Bonchev–Trinajstić information content (AvgIpc) is 2.84. The molecule has 2 rings (SSSR count). The third kappa shape index (κ3) is 2.07. The van der Waals surface area contributed by atoms with Gasteiger partial charge in [0, 0.05) is 22.7 Å². The zero-order valence-corrected chi connectivity index (χ0v) is 7.51. The fraction of sp³-hybridized carbons (Fsp3) is 0.250. The van der Waals surface area contributed by atoms with Crippen molar-refractivity contribution in [2.75, 3.05) is 6.56 Å². The molecular formula is C12H13NO2. The van der Waals surface area contributed by atoms with Crippen LogP contribution in [0.1, 0.15) is 25.2 Å². The van der Waals surface area contributed by atoms with Gasteiger partial charge < -0.3 is 9.52 Å². The van der Waals surface area contributed by atoms with Gasteiger partial charge in [0.15, 0.2) is 0 Å². The molecule has 0 saturated heterocycles. The fourth-order valence-corrected chi connectivity index (χ4v) is 1.01. The van der Waals surface area contributed by atoms with Gasteiger partial charge in [0.25, 0.3) is 0 Å². The molecule has 0 spiro atoms. The standard InChI is InChI=1S/C12H13NO2/c1-9-11(7-8-14)13-12(15-9)10-5-3-2-4-6-10/h2-6,14H,7-8H2,1H3/i1D3,2D,3D,4D,5D,6D,8D2. The van der Waals surface area contributed by atoms with E-state index in [-0.39, 0.29) is 0 Å².